The van der Waals surface area contributed by atoms with Gasteiger partial charge in [-0.25, -0.2) is 9.42 Å². The molecule has 2 aromatic heterocycles. The fourth-order valence-corrected chi connectivity index (χ4v) is 2.83. The Bertz CT molecular complexity index is 733. The number of aromatic nitrogens is 5. The second-order valence-corrected chi connectivity index (χ2v) is 5.90. The maximum Gasteiger partial charge on any atom is 0.360 e. The third kappa shape index (κ3) is 3.33. The molecule has 2 aromatic rings. The quantitative estimate of drug-likeness (QED) is 0.734. The molecule has 136 valence electrons. The van der Waals surface area contributed by atoms with Crippen molar-refractivity contribution in [1.82, 2.24) is 30.2 Å². The number of carbonyl (C=O) groups is 1. The van der Waals surface area contributed by atoms with Crippen molar-refractivity contribution in [3.05, 3.63) is 11.4 Å². The molecular formula is C14H21N7O4. The smallest absolute Gasteiger partial charge is 0.360 e. The zero-order chi connectivity index (χ0) is 18.0. The summed E-state index contributed by atoms with van der Waals surface area (Å²) in [4.78, 5) is 14.5. The summed E-state index contributed by atoms with van der Waals surface area (Å²) in [7, 11) is 0. The number of nitrogens with zero attached hydrogens (tertiary/aromatic N) is 6. The first kappa shape index (κ1) is 17.3. The Morgan fingerprint density at radius 3 is 2.64 bits per heavy atom. The van der Waals surface area contributed by atoms with Gasteiger partial charge in [0, 0.05) is 18.6 Å². The van der Waals surface area contributed by atoms with Crippen LogP contribution in [0.5, 0.6) is 0 Å². The lowest BCUT2D eigenvalue weighted by atomic mass is 10.1. The molecule has 1 saturated heterocycles. The fourth-order valence-electron chi connectivity index (χ4n) is 2.83. The van der Waals surface area contributed by atoms with Crippen molar-refractivity contribution in [1.29, 1.82) is 0 Å². The van der Waals surface area contributed by atoms with Crippen molar-refractivity contribution in [2.75, 3.05) is 25.6 Å². The van der Waals surface area contributed by atoms with Crippen LogP contribution in [-0.4, -0.2) is 68.1 Å². The highest BCUT2D eigenvalue weighted by Gasteiger charge is 2.31. The second kappa shape index (κ2) is 7.15. The lowest BCUT2D eigenvalue weighted by Gasteiger charge is -2.38. The third-order valence-electron chi connectivity index (χ3n) is 4.11. The summed E-state index contributed by atoms with van der Waals surface area (Å²) in [6.45, 7) is 7.69. The molecule has 3 rings (SSSR count). The minimum atomic E-state index is -0.549. The number of hydrogen-bond donors (Lipinski definition) is 1. The lowest BCUT2D eigenvalue weighted by molar-refractivity contribution is -0.0419. The molecule has 0 amide bonds. The number of anilines is 1. The summed E-state index contributed by atoms with van der Waals surface area (Å²) in [6, 6.07) is 0.324. The first-order valence-electron chi connectivity index (χ1n) is 8.06. The molecule has 0 bridgehead atoms. The van der Waals surface area contributed by atoms with Crippen molar-refractivity contribution in [2.45, 2.75) is 39.4 Å². The van der Waals surface area contributed by atoms with E-state index in [4.69, 9.17) is 15.2 Å². The van der Waals surface area contributed by atoms with Gasteiger partial charge in [0.2, 0.25) is 11.6 Å². The van der Waals surface area contributed by atoms with E-state index in [1.165, 1.54) is 4.68 Å². The molecule has 11 heteroatoms. The summed E-state index contributed by atoms with van der Waals surface area (Å²) in [5.41, 5.74) is 6.40. The van der Waals surface area contributed by atoms with Gasteiger partial charge >= 0.3 is 5.97 Å². The van der Waals surface area contributed by atoms with Crippen LogP contribution in [0.15, 0.2) is 4.63 Å². The minimum absolute atomic E-state index is 0.0598. The Morgan fingerprint density at radius 1 is 1.32 bits per heavy atom. The highest BCUT2D eigenvalue weighted by Crippen LogP contribution is 2.22. The number of carbonyl (C=O) groups excluding carboxylic acids is 1. The molecule has 0 saturated carbocycles. The number of esters is 1. The molecule has 3 heterocycles. The van der Waals surface area contributed by atoms with E-state index in [9.17, 15) is 4.79 Å². The molecule has 2 N–H and O–H groups in total. The van der Waals surface area contributed by atoms with Crippen molar-refractivity contribution in [3.63, 3.8) is 0 Å². The molecule has 2 unspecified atom stereocenters. The van der Waals surface area contributed by atoms with Gasteiger partial charge in [0.25, 0.3) is 0 Å². The van der Waals surface area contributed by atoms with Crippen LogP contribution in [0, 0.1) is 0 Å². The molecule has 0 radical (unpaired) electrons. The highest BCUT2D eigenvalue weighted by molar-refractivity contribution is 5.88. The van der Waals surface area contributed by atoms with Gasteiger partial charge in [-0.1, -0.05) is 5.21 Å². The Labute approximate surface area is 144 Å². The Hall–Kier alpha value is -2.53. The molecule has 25 heavy (non-hydrogen) atoms. The van der Waals surface area contributed by atoms with E-state index in [0.29, 0.717) is 25.5 Å². The predicted molar refractivity (Wildman–Crippen MR) is 84.9 cm³/mol. The van der Waals surface area contributed by atoms with Gasteiger partial charge in [0.1, 0.15) is 0 Å². The molecule has 0 aliphatic carbocycles. The van der Waals surface area contributed by atoms with Crippen LogP contribution in [0.4, 0.5) is 5.82 Å². The number of nitrogen functional groups attached to an aromatic ring is 1. The first-order chi connectivity index (χ1) is 12.0. The number of ether oxygens (including phenoxy) is 2. The van der Waals surface area contributed by atoms with Crippen LogP contribution in [0.25, 0.3) is 5.82 Å². The summed E-state index contributed by atoms with van der Waals surface area (Å²) in [6.07, 6.45) is 0. The zero-order valence-electron chi connectivity index (χ0n) is 14.4. The summed E-state index contributed by atoms with van der Waals surface area (Å²) >= 11 is 0. The van der Waals surface area contributed by atoms with Gasteiger partial charge < -0.3 is 15.2 Å². The summed E-state index contributed by atoms with van der Waals surface area (Å²) < 4.78 is 16.6. The minimum Gasteiger partial charge on any atom is -0.461 e. The van der Waals surface area contributed by atoms with E-state index in [0.717, 1.165) is 0 Å². The topological polar surface area (TPSA) is 134 Å². The number of rotatable bonds is 5. The number of morpholine rings is 1. The van der Waals surface area contributed by atoms with Crippen molar-refractivity contribution in [3.8, 4) is 5.82 Å². The number of nitrogens with two attached hydrogens (primary N) is 1. The van der Waals surface area contributed by atoms with E-state index >= 15 is 0 Å². The summed E-state index contributed by atoms with van der Waals surface area (Å²) in [5.74, 6) is -0.302. The van der Waals surface area contributed by atoms with E-state index in [1.807, 2.05) is 0 Å². The molecule has 1 fully saturated rings. The number of hydrogen-bond acceptors (Lipinski definition) is 10. The van der Waals surface area contributed by atoms with Crippen LogP contribution in [0.1, 0.15) is 37.0 Å². The summed E-state index contributed by atoms with van der Waals surface area (Å²) in [5, 5.41) is 15.3. The van der Waals surface area contributed by atoms with Gasteiger partial charge in [0.05, 0.1) is 25.5 Å². The van der Waals surface area contributed by atoms with Crippen molar-refractivity contribution < 1.29 is 18.9 Å². The van der Waals surface area contributed by atoms with Crippen LogP contribution in [-0.2, 0) is 16.0 Å². The Balaban J connectivity index is 2.00. The average molecular weight is 351 g/mol. The largest absolute Gasteiger partial charge is 0.461 e. The van der Waals surface area contributed by atoms with Gasteiger partial charge in [-0.05, 0) is 31.1 Å². The SMILES string of the molecule is CCOC(=O)c1nnn(-c2nonc2N)c1CN1C(C)COCC1C. The Kier molecular flexibility index (Phi) is 4.95. The van der Waals surface area contributed by atoms with Crippen molar-refractivity contribution in [2.24, 2.45) is 0 Å². The maximum absolute atomic E-state index is 12.3. The van der Waals surface area contributed by atoms with Gasteiger partial charge in [-0.2, -0.15) is 4.68 Å². The monoisotopic (exact) mass is 351 g/mol. The average Bonchev–Trinajstić information content (AvgIpc) is 3.17. The predicted octanol–water partition coefficient (Wildman–Crippen LogP) is 0.0184. The van der Waals surface area contributed by atoms with Gasteiger partial charge in [-0.15, -0.1) is 5.10 Å². The molecule has 1 aliphatic heterocycles. The molecular weight excluding hydrogens is 330 g/mol. The molecule has 11 nitrogen and oxygen atoms in total. The van der Waals surface area contributed by atoms with Crippen LogP contribution in [0.3, 0.4) is 0 Å². The first-order valence-corrected chi connectivity index (χ1v) is 8.06. The van der Waals surface area contributed by atoms with Crippen LogP contribution < -0.4 is 5.73 Å². The normalized spacial score (nSPS) is 21.4. The second-order valence-electron chi connectivity index (χ2n) is 5.90. The van der Waals surface area contributed by atoms with Crippen LogP contribution >= 0.6 is 0 Å². The standard InChI is InChI=1S/C14H21N7O4/c1-4-24-14(22)11-10(5-20-8(2)6-23-7-9(20)3)21(19-16-11)13-12(15)17-25-18-13/h8-9H,4-7H2,1-3H3,(H2,15,17). The molecule has 2 atom stereocenters. The fraction of sp³-hybridized carbons (Fsp3) is 0.643. The van der Waals surface area contributed by atoms with E-state index in [-0.39, 0.29) is 36.0 Å². The molecule has 0 spiro atoms. The maximum atomic E-state index is 12.3. The zero-order valence-corrected chi connectivity index (χ0v) is 14.4. The van der Waals surface area contributed by atoms with E-state index in [1.54, 1.807) is 6.92 Å². The molecule has 1 aliphatic rings. The van der Waals surface area contributed by atoms with E-state index in [2.05, 4.69) is 44.0 Å². The Morgan fingerprint density at radius 2 is 2.04 bits per heavy atom. The van der Waals surface area contributed by atoms with Crippen molar-refractivity contribution >= 4 is 11.8 Å². The third-order valence-corrected chi connectivity index (χ3v) is 4.11. The highest BCUT2D eigenvalue weighted by atomic mass is 16.6. The lowest BCUT2D eigenvalue weighted by Crippen LogP contribution is -2.49. The van der Waals surface area contributed by atoms with Gasteiger partial charge in [-0.3, -0.25) is 4.90 Å². The van der Waals surface area contributed by atoms with Gasteiger partial charge in [0.15, 0.2) is 5.69 Å². The van der Waals surface area contributed by atoms with Crippen LogP contribution in [0.2, 0.25) is 0 Å². The molecule has 0 aromatic carbocycles. The van der Waals surface area contributed by atoms with E-state index < -0.39 is 5.97 Å².